The van der Waals surface area contributed by atoms with Crippen molar-refractivity contribution in [2.45, 2.75) is 18.6 Å². The summed E-state index contributed by atoms with van der Waals surface area (Å²) in [6, 6.07) is 10.0. The molecule has 3 rings (SSSR count). The quantitative estimate of drug-likeness (QED) is 0.688. The number of carbonyl (C=O) groups excluding carboxylic acids is 1. The Labute approximate surface area is 159 Å². The Morgan fingerprint density at radius 3 is 2.67 bits per heavy atom. The Balaban J connectivity index is 1.67. The number of morpholine rings is 1. The van der Waals surface area contributed by atoms with E-state index >= 15 is 0 Å². The number of hydrogen-bond acceptors (Lipinski definition) is 6. The third kappa shape index (κ3) is 5.77. The van der Waals surface area contributed by atoms with Crippen LogP contribution in [0.4, 0.5) is 0 Å². The normalized spacial score (nSPS) is 22.9. The second kappa shape index (κ2) is 10.4. The molecule has 0 saturated carbocycles. The summed E-state index contributed by atoms with van der Waals surface area (Å²) in [7, 11) is 0. The van der Waals surface area contributed by atoms with Gasteiger partial charge in [0.15, 0.2) is 5.76 Å². The van der Waals surface area contributed by atoms with E-state index in [1.807, 2.05) is 36.4 Å². The summed E-state index contributed by atoms with van der Waals surface area (Å²) in [5.41, 5.74) is 1.12. The largest absolute Gasteiger partial charge is 0.459 e. The molecule has 2 aliphatic heterocycles. The zero-order chi connectivity index (χ0) is 18.9. The molecule has 0 radical (unpaired) electrons. The average molecular weight is 377 g/mol. The van der Waals surface area contributed by atoms with Gasteiger partial charge in [0, 0.05) is 25.4 Å². The maximum Gasteiger partial charge on any atom is 0.288 e. The molecule has 1 saturated heterocycles. The van der Waals surface area contributed by atoms with Crippen LogP contribution in [0.25, 0.3) is 0 Å². The molecule has 2 aliphatic rings. The van der Waals surface area contributed by atoms with E-state index in [0.29, 0.717) is 51.7 Å². The van der Waals surface area contributed by atoms with Gasteiger partial charge in [0.05, 0.1) is 39.6 Å². The van der Waals surface area contributed by atoms with Gasteiger partial charge in [-0.15, -0.1) is 0 Å². The summed E-state index contributed by atoms with van der Waals surface area (Å²) in [4.78, 5) is 14.6. The lowest BCUT2D eigenvalue weighted by atomic mass is 9.93. The molecule has 1 amide bonds. The minimum absolute atomic E-state index is 0.0169. The number of amides is 1. The molecule has 0 aromatic heterocycles. The van der Waals surface area contributed by atoms with Crippen molar-refractivity contribution in [3.63, 3.8) is 0 Å². The predicted octanol–water partition coefficient (Wildman–Crippen LogP) is 1.28. The van der Waals surface area contributed by atoms with E-state index in [0.717, 1.165) is 5.56 Å². The number of hydrogen-bond donors (Lipinski definition) is 1. The van der Waals surface area contributed by atoms with Crippen LogP contribution in [0.2, 0.25) is 0 Å². The third-order valence-corrected chi connectivity index (χ3v) is 4.56. The second-order valence-corrected chi connectivity index (χ2v) is 6.44. The Morgan fingerprint density at radius 2 is 1.93 bits per heavy atom. The van der Waals surface area contributed by atoms with Crippen molar-refractivity contribution in [3.05, 3.63) is 47.7 Å². The van der Waals surface area contributed by atoms with E-state index in [9.17, 15) is 4.79 Å². The van der Waals surface area contributed by atoms with E-state index < -0.39 is 6.29 Å². The van der Waals surface area contributed by atoms with E-state index in [-0.39, 0.29) is 25.0 Å². The monoisotopic (exact) mass is 377 g/mol. The first-order valence-electron chi connectivity index (χ1n) is 9.38. The number of aliphatic hydroxyl groups excluding tert-OH is 1. The molecule has 2 atom stereocenters. The van der Waals surface area contributed by atoms with Crippen molar-refractivity contribution in [3.8, 4) is 0 Å². The van der Waals surface area contributed by atoms with Gasteiger partial charge in [0.25, 0.3) is 5.91 Å². The first-order valence-corrected chi connectivity index (χ1v) is 9.38. The SMILES string of the molecule is O=C(C1=CC(c2ccccc2)CC(OCCOCCO)O1)N1CCOCC1. The maximum absolute atomic E-state index is 12.9. The topological polar surface area (TPSA) is 77.5 Å². The number of nitrogens with zero attached hydrogens (tertiary/aromatic N) is 1. The summed E-state index contributed by atoms with van der Waals surface area (Å²) < 4.78 is 22.2. The number of aliphatic hydroxyl groups is 1. The summed E-state index contributed by atoms with van der Waals surface area (Å²) in [6.07, 6.45) is 2.01. The first kappa shape index (κ1) is 19.8. The molecule has 2 unspecified atom stereocenters. The van der Waals surface area contributed by atoms with Gasteiger partial charge in [-0.05, 0) is 11.6 Å². The lowest BCUT2D eigenvalue weighted by molar-refractivity contribution is -0.158. The first-order chi connectivity index (χ1) is 13.3. The summed E-state index contributed by atoms with van der Waals surface area (Å²) in [5.74, 6) is 0.255. The van der Waals surface area contributed by atoms with Crippen molar-refractivity contribution in [2.75, 3.05) is 52.7 Å². The molecule has 7 nitrogen and oxygen atoms in total. The highest BCUT2D eigenvalue weighted by Gasteiger charge is 2.31. The van der Waals surface area contributed by atoms with Crippen LogP contribution in [0.15, 0.2) is 42.2 Å². The second-order valence-electron chi connectivity index (χ2n) is 6.44. The van der Waals surface area contributed by atoms with Gasteiger partial charge < -0.3 is 29.0 Å². The maximum atomic E-state index is 12.9. The number of allylic oxidation sites excluding steroid dienone is 1. The van der Waals surface area contributed by atoms with Gasteiger partial charge in [0.1, 0.15) is 0 Å². The lowest BCUT2D eigenvalue weighted by Crippen LogP contribution is -2.43. The Bertz CT molecular complexity index is 614. The van der Waals surface area contributed by atoms with Crippen LogP contribution >= 0.6 is 0 Å². The highest BCUT2D eigenvalue weighted by Crippen LogP contribution is 2.32. The summed E-state index contributed by atoms with van der Waals surface area (Å²) in [5, 5.41) is 8.75. The number of ether oxygens (including phenoxy) is 4. The van der Waals surface area contributed by atoms with Crippen LogP contribution in [0.5, 0.6) is 0 Å². The van der Waals surface area contributed by atoms with Gasteiger partial charge in [-0.25, -0.2) is 0 Å². The fourth-order valence-corrected chi connectivity index (χ4v) is 3.17. The van der Waals surface area contributed by atoms with Crippen molar-refractivity contribution in [2.24, 2.45) is 0 Å². The molecule has 1 aromatic carbocycles. The van der Waals surface area contributed by atoms with Gasteiger partial charge in [0.2, 0.25) is 6.29 Å². The van der Waals surface area contributed by atoms with Crippen LogP contribution in [0.1, 0.15) is 17.9 Å². The Kier molecular flexibility index (Phi) is 7.65. The van der Waals surface area contributed by atoms with E-state index in [1.54, 1.807) is 4.90 Å². The summed E-state index contributed by atoms with van der Waals surface area (Å²) >= 11 is 0. The minimum Gasteiger partial charge on any atom is -0.459 e. The fraction of sp³-hybridized carbons (Fsp3) is 0.550. The molecule has 0 aliphatic carbocycles. The third-order valence-electron chi connectivity index (χ3n) is 4.56. The summed E-state index contributed by atoms with van der Waals surface area (Å²) in [6.45, 7) is 3.19. The van der Waals surface area contributed by atoms with Crippen molar-refractivity contribution in [1.82, 2.24) is 4.90 Å². The average Bonchev–Trinajstić information content (AvgIpc) is 2.74. The molecule has 1 N–H and O–H groups in total. The molecule has 1 fully saturated rings. The standard InChI is InChI=1S/C20H27NO6/c22-8-11-25-12-13-26-19-15-17(16-4-2-1-3-5-16)14-18(27-19)20(23)21-6-9-24-10-7-21/h1-5,14,17,19,22H,6-13,15H2. The number of benzene rings is 1. The van der Waals surface area contributed by atoms with E-state index in [1.165, 1.54) is 0 Å². The minimum atomic E-state index is -0.516. The molecule has 7 heteroatoms. The Hall–Kier alpha value is -1.93. The molecule has 1 aromatic rings. The van der Waals surface area contributed by atoms with Crippen molar-refractivity contribution < 1.29 is 28.8 Å². The number of carbonyl (C=O) groups is 1. The van der Waals surface area contributed by atoms with Crippen LogP contribution in [-0.4, -0.2) is 74.9 Å². The van der Waals surface area contributed by atoms with Crippen LogP contribution in [-0.2, 0) is 23.7 Å². The smallest absolute Gasteiger partial charge is 0.288 e. The zero-order valence-electron chi connectivity index (χ0n) is 15.4. The molecule has 0 bridgehead atoms. The zero-order valence-corrected chi connectivity index (χ0v) is 15.4. The van der Waals surface area contributed by atoms with Crippen LogP contribution in [0, 0.1) is 0 Å². The predicted molar refractivity (Wildman–Crippen MR) is 98.0 cm³/mol. The molecular weight excluding hydrogens is 350 g/mol. The number of rotatable bonds is 8. The van der Waals surface area contributed by atoms with E-state index in [4.69, 9.17) is 24.1 Å². The lowest BCUT2D eigenvalue weighted by Gasteiger charge is -2.33. The van der Waals surface area contributed by atoms with Gasteiger partial charge in [-0.2, -0.15) is 0 Å². The highest BCUT2D eigenvalue weighted by molar-refractivity contribution is 5.91. The molecule has 27 heavy (non-hydrogen) atoms. The molecule has 2 heterocycles. The van der Waals surface area contributed by atoms with E-state index in [2.05, 4.69) is 0 Å². The van der Waals surface area contributed by atoms with Crippen molar-refractivity contribution in [1.29, 1.82) is 0 Å². The van der Waals surface area contributed by atoms with Crippen molar-refractivity contribution >= 4 is 5.91 Å². The van der Waals surface area contributed by atoms with Gasteiger partial charge in [-0.3, -0.25) is 4.79 Å². The van der Waals surface area contributed by atoms with Gasteiger partial charge in [-0.1, -0.05) is 30.3 Å². The molecular formula is C20H27NO6. The molecule has 148 valence electrons. The van der Waals surface area contributed by atoms with Gasteiger partial charge >= 0.3 is 0 Å². The fourth-order valence-electron chi connectivity index (χ4n) is 3.17. The van der Waals surface area contributed by atoms with Crippen LogP contribution in [0.3, 0.4) is 0 Å². The highest BCUT2D eigenvalue weighted by atomic mass is 16.7. The molecule has 0 spiro atoms. The Morgan fingerprint density at radius 1 is 1.15 bits per heavy atom. The van der Waals surface area contributed by atoms with Crippen LogP contribution < -0.4 is 0 Å².